The van der Waals surface area contributed by atoms with Crippen LogP contribution in [0.15, 0.2) is 81.4 Å². The molecule has 0 unspecified atom stereocenters. The second-order valence-corrected chi connectivity index (χ2v) is 7.91. The molecule has 27 heavy (non-hydrogen) atoms. The van der Waals surface area contributed by atoms with Gasteiger partial charge in [0.1, 0.15) is 0 Å². The predicted molar refractivity (Wildman–Crippen MR) is 113 cm³/mol. The third kappa shape index (κ3) is 3.21. The summed E-state index contributed by atoms with van der Waals surface area (Å²) in [7, 11) is 2.04. The van der Waals surface area contributed by atoms with Crippen molar-refractivity contribution in [3.63, 3.8) is 0 Å². The average Bonchev–Trinajstić information content (AvgIpc) is 2.92. The molecule has 0 amide bonds. The lowest BCUT2D eigenvalue weighted by molar-refractivity contribution is 0.757. The number of aryl methyl sites for hydroxylation is 2. The van der Waals surface area contributed by atoms with E-state index in [1.807, 2.05) is 49.0 Å². The molecule has 136 valence electrons. The van der Waals surface area contributed by atoms with E-state index >= 15 is 0 Å². The van der Waals surface area contributed by atoms with Gasteiger partial charge in [-0.15, -0.1) is 0 Å². The molecular formula is C23H22N2OS. The minimum Gasteiger partial charge on any atom is -0.346 e. The van der Waals surface area contributed by atoms with E-state index < -0.39 is 0 Å². The SMILES string of the molecule is Cc1c(=O)n(Cc2ccccc2)cc2c(Sc3ccccc3)c(C)n(C)c12. The third-order valence-electron chi connectivity index (χ3n) is 5.05. The molecule has 2 aromatic carbocycles. The fourth-order valence-corrected chi connectivity index (χ4v) is 4.61. The molecule has 2 aromatic heterocycles. The minimum atomic E-state index is 0.0724. The van der Waals surface area contributed by atoms with Crippen LogP contribution in [0.5, 0.6) is 0 Å². The summed E-state index contributed by atoms with van der Waals surface area (Å²) >= 11 is 1.76. The molecule has 0 radical (unpaired) electrons. The van der Waals surface area contributed by atoms with Crippen LogP contribution in [0, 0.1) is 13.8 Å². The Morgan fingerprint density at radius 3 is 2.22 bits per heavy atom. The van der Waals surface area contributed by atoms with Crippen LogP contribution in [-0.4, -0.2) is 9.13 Å². The Bertz CT molecular complexity index is 1160. The van der Waals surface area contributed by atoms with E-state index in [4.69, 9.17) is 0 Å². The van der Waals surface area contributed by atoms with Crippen molar-refractivity contribution in [1.29, 1.82) is 0 Å². The first-order valence-electron chi connectivity index (χ1n) is 9.02. The topological polar surface area (TPSA) is 26.9 Å². The lowest BCUT2D eigenvalue weighted by Gasteiger charge is -2.10. The molecule has 0 saturated heterocycles. The van der Waals surface area contributed by atoms with E-state index in [1.54, 1.807) is 11.8 Å². The van der Waals surface area contributed by atoms with Crippen LogP contribution >= 0.6 is 11.8 Å². The van der Waals surface area contributed by atoms with E-state index in [0.29, 0.717) is 6.54 Å². The Hall–Kier alpha value is -2.72. The molecule has 0 aliphatic heterocycles. The largest absolute Gasteiger partial charge is 0.346 e. The van der Waals surface area contributed by atoms with Gasteiger partial charge < -0.3 is 9.13 Å². The Kier molecular flexibility index (Phi) is 4.66. The van der Waals surface area contributed by atoms with E-state index in [2.05, 4.69) is 47.9 Å². The van der Waals surface area contributed by atoms with Gasteiger partial charge in [-0.2, -0.15) is 0 Å². The van der Waals surface area contributed by atoms with Crippen molar-refractivity contribution in [2.45, 2.75) is 30.2 Å². The highest BCUT2D eigenvalue weighted by Gasteiger charge is 2.18. The molecule has 4 aromatic rings. The number of aromatic nitrogens is 2. The number of rotatable bonds is 4. The second kappa shape index (κ2) is 7.12. The van der Waals surface area contributed by atoms with Gasteiger partial charge in [0.05, 0.1) is 12.1 Å². The zero-order valence-electron chi connectivity index (χ0n) is 15.8. The van der Waals surface area contributed by atoms with Crippen LogP contribution in [0.2, 0.25) is 0 Å². The van der Waals surface area contributed by atoms with Crippen molar-refractivity contribution < 1.29 is 0 Å². The van der Waals surface area contributed by atoms with Gasteiger partial charge in [-0.05, 0) is 31.5 Å². The van der Waals surface area contributed by atoms with Crippen molar-refractivity contribution in [1.82, 2.24) is 9.13 Å². The van der Waals surface area contributed by atoms with E-state index in [-0.39, 0.29) is 5.56 Å². The summed E-state index contributed by atoms with van der Waals surface area (Å²) in [6.07, 6.45) is 2.02. The molecule has 4 heteroatoms. The first kappa shape index (κ1) is 17.7. The number of fused-ring (bicyclic) bond motifs is 1. The lowest BCUT2D eigenvalue weighted by atomic mass is 10.2. The summed E-state index contributed by atoms with van der Waals surface area (Å²) in [6, 6.07) is 20.5. The highest BCUT2D eigenvalue weighted by atomic mass is 32.2. The molecule has 3 nitrogen and oxygen atoms in total. The second-order valence-electron chi connectivity index (χ2n) is 6.82. The molecule has 0 aliphatic rings. The fourth-order valence-electron chi connectivity index (χ4n) is 3.54. The molecule has 0 aliphatic carbocycles. The monoisotopic (exact) mass is 374 g/mol. The first-order chi connectivity index (χ1) is 13.1. The normalized spacial score (nSPS) is 11.2. The molecule has 0 atom stereocenters. The zero-order chi connectivity index (χ0) is 19.0. The number of nitrogens with zero attached hydrogens (tertiary/aromatic N) is 2. The van der Waals surface area contributed by atoms with Crippen molar-refractivity contribution in [3.05, 3.63) is 94.0 Å². The van der Waals surface area contributed by atoms with Crippen molar-refractivity contribution in [3.8, 4) is 0 Å². The fraction of sp³-hybridized carbons (Fsp3) is 0.174. The molecule has 0 N–H and O–H groups in total. The number of hydrogen-bond acceptors (Lipinski definition) is 2. The summed E-state index contributed by atoms with van der Waals surface area (Å²) in [5, 5.41) is 1.14. The van der Waals surface area contributed by atoms with E-state index in [1.165, 1.54) is 15.5 Å². The quantitative estimate of drug-likeness (QED) is 0.493. The summed E-state index contributed by atoms with van der Waals surface area (Å²) < 4.78 is 3.98. The molecule has 0 fully saturated rings. The van der Waals surface area contributed by atoms with E-state index in [9.17, 15) is 4.79 Å². The highest BCUT2D eigenvalue weighted by molar-refractivity contribution is 7.99. The van der Waals surface area contributed by atoms with Crippen LogP contribution in [0.3, 0.4) is 0 Å². The lowest BCUT2D eigenvalue weighted by Crippen LogP contribution is -2.22. The summed E-state index contributed by atoms with van der Waals surface area (Å²) in [6.45, 7) is 4.64. The Labute approximate surface area is 163 Å². The highest BCUT2D eigenvalue weighted by Crippen LogP contribution is 2.38. The summed E-state index contributed by atoms with van der Waals surface area (Å²) in [4.78, 5) is 15.4. The van der Waals surface area contributed by atoms with Gasteiger partial charge in [-0.3, -0.25) is 4.79 Å². The number of hydrogen-bond donors (Lipinski definition) is 0. The van der Waals surface area contributed by atoms with Gasteiger partial charge in [0.2, 0.25) is 0 Å². The van der Waals surface area contributed by atoms with Gasteiger partial charge in [0, 0.05) is 39.7 Å². The maximum atomic E-state index is 13.0. The number of pyridine rings is 1. The molecule has 2 heterocycles. The van der Waals surface area contributed by atoms with Crippen molar-refractivity contribution >= 4 is 22.7 Å². The van der Waals surface area contributed by atoms with Gasteiger partial charge in [0.25, 0.3) is 5.56 Å². The van der Waals surface area contributed by atoms with E-state index in [0.717, 1.165) is 22.0 Å². The molecule has 0 spiro atoms. The van der Waals surface area contributed by atoms with Gasteiger partial charge in [0.15, 0.2) is 0 Å². The molecule has 0 bridgehead atoms. The third-order valence-corrected chi connectivity index (χ3v) is 6.27. The van der Waals surface area contributed by atoms with Crippen LogP contribution in [-0.2, 0) is 13.6 Å². The van der Waals surface area contributed by atoms with Crippen LogP contribution in [0.4, 0.5) is 0 Å². The Morgan fingerprint density at radius 1 is 0.926 bits per heavy atom. The van der Waals surface area contributed by atoms with Crippen molar-refractivity contribution in [2.24, 2.45) is 7.05 Å². The van der Waals surface area contributed by atoms with Crippen molar-refractivity contribution in [2.75, 3.05) is 0 Å². The minimum absolute atomic E-state index is 0.0724. The maximum Gasteiger partial charge on any atom is 0.255 e. The average molecular weight is 375 g/mol. The van der Waals surface area contributed by atoms with Crippen LogP contribution in [0.25, 0.3) is 10.9 Å². The summed E-state index contributed by atoms with van der Waals surface area (Å²) in [5.74, 6) is 0. The Balaban J connectivity index is 1.89. The van der Waals surface area contributed by atoms with Gasteiger partial charge in [-0.25, -0.2) is 0 Å². The standard InChI is InChI=1S/C23H22N2OS/c1-16-21-20(15-25(23(16)26)14-18-10-6-4-7-11-18)22(17(2)24(21)3)27-19-12-8-5-9-13-19/h4-13,15H,14H2,1-3H3. The van der Waals surface area contributed by atoms with Gasteiger partial charge in [-0.1, -0.05) is 60.3 Å². The number of benzene rings is 2. The van der Waals surface area contributed by atoms with Crippen LogP contribution < -0.4 is 5.56 Å². The smallest absolute Gasteiger partial charge is 0.255 e. The maximum absolute atomic E-state index is 13.0. The predicted octanol–water partition coefficient (Wildman–Crippen LogP) is 5.16. The molecule has 4 rings (SSSR count). The Morgan fingerprint density at radius 2 is 1.56 bits per heavy atom. The molecule has 0 saturated carbocycles. The zero-order valence-corrected chi connectivity index (χ0v) is 16.6. The van der Waals surface area contributed by atoms with Crippen LogP contribution in [0.1, 0.15) is 16.8 Å². The first-order valence-corrected chi connectivity index (χ1v) is 9.83. The molecular weight excluding hydrogens is 352 g/mol. The van der Waals surface area contributed by atoms with Gasteiger partial charge >= 0.3 is 0 Å². The summed E-state index contributed by atoms with van der Waals surface area (Å²) in [5.41, 5.74) is 4.21.